The highest BCUT2D eigenvalue weighted by atomic mass is 32.1. The van der Waals surface area contributed by atoms with E-state index in [1.54, 1.807) is 16.0 Å². The van der Waals surface area contributed by atoms with Crippen LogP contribution in [0.3, 0.4) is 0 Å². The summed E-state index contributed by atoms with van der Waals surface area (Å²) in [5, 5.41) is 20.1. The lowest BCUT2D eigenvalue weighted by atomic mass is 9.93. The fourth-order valence-corrected chi connectivity index (χ4v) is 2.67. The molecule has 0 unspecified atom stereocenters. The zero-order valence-electron chi connectivity index (χ0n) is 11.6. The normalized spacial score (nSPS) is 12.0. The summed E-state index contributed by atoms with van der Waals surface area (Å²) in [5.41, 5.74) is 2.12. The molecule has 0 aliphatic rings. The minimum Gasteiger partial charge on any atom is -0.396 e. The Balaban J connectivity index is 2.01. The Morgan fingerprint density at radius 3 is 2.79 bits per heavy atom. The van der Waals surface area contributed by atoms with Gasteiger partial charge in [-0.1, -0.05) is 26.0 Å². The molecule has 0 aromatic carbocycles. The average Bonchev–Trinajstić information content (AvgIpc) is 2.95. The lowest BCUT2D eigenvalue weighted by Crippen LogP contribution is -2.12. The monoisotopic (exact) mass is 280 g/mol. The maximum Gasteiger partial charge on any atom is 0.114 e. The van der Waals surface area contributed by atoms with Gasteiger partial charge in [0.25, 0.3) is 0 Å². The van der Waals surface area contributed by atoms with Crippen molar-refractivity contribution < 1.29 is 5.11 Å². The van der Waals surface area contributed by atoms with Crippen molar-refractivity contribution in [3.8, 4) is 0 Å². The Kier molecular flexibility index (Phi) is 4.31. The zero-order chi connectivity index (χ0) is 13.9. The van der Waals surface area contributed by atoms with E-state index in [1.807, 2.05) is 6.20 Å². The molecule has 0 bridgehead atoms. The second-order valence-corrected chi connectivity index (χ2v) is 6.55. The van der Waals surface area contributed by atoms with E-state index in [0.717, 1.165) is 29.2 Å². The van der Waals surface area contributed by atoms with Crippen LogP contribution in [0.25, 0.3) is 0 Å². The molecule has 0 radical (unpaired) electrons. The van der Waals surface area contributed by atoms with Crippen LogP contribution in [0.15, 0.2) is 11.6 Å². The second kappa shape index (κ2) is 5.79. The first-order valence-electron chi connectivity index (χ1n) is 6.44. The topological polar surface area (TPSA) is 63.8 Å². The molecule has 2 rings (SSSR count). The lowest BCUT2D eigenvalue weighted by molar-refractivity contribution is 0.288. The molecule has 5 nitrogen and oxygen atoms in total. The highest BCUT2D eigenvalue weighted by Crippen LogP contribution is 2.24. The van der Waals surface area contributed by atoms with Gasteiger partial charge >= 0.3 is 0 Å². The minimum atomic E-state index is 0.0867. The van der Waals surface area contributed by atoms with Crippen LogP contribution in [0, 0.1) is 0 Å². The Morgan fingerprint density at radius 1 is 1.37 bits per heavy atom. The molecule has 0 saturated carbocycles. The van der Waals surface area contributed by atoms with E-state index in [4.69, 9.17) is 5.11 Å². The summed E-state index contributed by atoms with van der Waals surface area (Å²) in [4.78, 5) is 4.64. The predicted octanol–water partition coefficient (Wildman–Crippen LogP) is 2.01. The number of hydrogen-bond acceptors (Lipinski definition) is 5. The van der Waals surface area contributed by atoms with E-state index < -0.39 is 0 Å². The van der Waals surface area contributed by atoms with Gasteiger partial charge in [0.05, 0.1) is 17.9 Å². The van der Waals surface area contributed by atoms with Gasteiger partial charge < -0.3 is 5.11 Å². The van der Waals surface area contributed by atoms with Crippen LogP contribution in [0.1, 0.15) is 43.6 Å². The summed E-state index contributed by atoms with van der Waals surface area (Å²) in [7, 11) is 0. The summed E-state index contributed by atoms with van der Waals surface area (Å²) in [5.74, 6) is 0. The van der Waals surface area contributed by atoms with Crippen molar-refractivity contribution in [2.75, 3.05) is 6.61 Å². The van der Waals surface area contributed by atoms with Crippen LogP contribution < -0.4 is 0 Å². The third-order valence-electron chi connectivity index (χ3n) is 2.79. The molecule has 2 aromatic rings. The molecule has 2 aromatic heterocycles. The van der Waals surface area contributed by atoms with Gasteiger partial charge in [-0.05, 0) is 12.8 Å². The van der Waals surface area contributed by atoms with Crippen molar-refractivity contribution in [1.29, 1.82) is 0 Å². The van der Waals surface area contributed by atoms with Gasteiger partial charge in [-0.2, -0.15) is 0 Å². The van der Waals surface area contributed by atoms with Crippen molar-refractivity contribution in [2.24, 2.45) is 0 Å². The number of aryl methyl sites for hydroxylation is 1. The van der Waals surface area contributed by atoms with E-state index in [1.165, 1.54) is 0 Å². The number of hydrogen-bond donors (Lipinski definition) is 1. The Hall–Kier alpha value is -1.27. The average molecular weight is 280 g/mol. The van der Waals surface area contributed by atoms with E-state index in [0.29, 0.717) is 6.54 Å². The van der Waals surface area contributed by atoms with E-state index in [-0.39, 0.29) is 12.0 Å². The fraction of sp³-hybridized carbons (Fsp3) is 0.615. The Morgan fingerprint density at radius 2 is 2.16 bits per heavy atom. The Bertz CT molecular complexity index is 527. The fourth-order valence-electron chi connectivity index (χ4n) is 1.66. The van der Waals surface area contributed by atoms with Crippen molar-refractivity contribution in [2.45, 2.75) is 45.6 Å². The quantitative estimate of drug-likeness (QED) is 0.910. The predicted molar refractivity (Wildman–Crippen MR) is 75.3 cm³/mol. The molecule has 0 fully saturated rings. The SMILES string of the molecule is CC(C)(C)c1csc(Cn2cc(CCCO)nn2)n1. The van der Waals surface area contributed by atoms with Crippen LogP contribution in [0.2, 0.25) is 0 Å². The third-order valence-corrected chi connectivity index (χ3v) is 3.63. The number of thiazole rings is 1. The van der Waals surface area contributed by atoms with Crippen LogP contribution >= 0.6 is 11.3 Å². The molecule has 19 heavy (non-hydrogen) atoms. The summed E-state index contributed by atoms with van der Waals surface area (Å²) in [6.45, 7) is 7.33. The number of aliphatic hydroxyl groups is 1. The van der Waals surface area contributed by atoms with E-state index >= 15 is 0 Å². The molecule has 0 atom stereocenters. The first-order chi connectivity index (χ1) is 8.99. The van der Waals surface area contributed by atoms with Gasteiger partial charge in [-0.3, -0.25) is 0 Å². The van der Waals surface area contributed by atoms with Gasteiger partial charge in [0.1, 0.15) is 5.01 Å². The molecule has 0 amide bonds. The first-order valence-corrected chi connectivity index (χ1v) is 7.32. The van der Waals surface area contributed by atoms with Crippen molar-refractivity contribution >= 4 is 11.3 Å². The second-order valence-electron chi connectivity index (χ2n) is 5.61. The van der Waals surface area contributed by atoms with Gasteiger partial charge in [-0.25, -0.2) is 9.67 Å². The van der Waals surface area contributed by atoms with E-state index in [2.05, 4.69) is 41.4 Å². The number of aliphatic hydroxyl groups excluding tert-OH is 1. The van der Waals surface area contributed by atoms with Gasteiger partial charge in [-0.15, -0.1) is 16.4 Å². The van der Waals surface area contributed by atoms with E-state index in [9.17, 15) is 0 Å². The lowest BCUT2D eigenvalue weighted by Gasteiger charge is -2.14. The molecular formula is C13H20N4OS. The van der Waals surface area contributed by atoms with Crippen molar-refractivity contribution in [3.05, 3.63) is 28.0 Å². The smallest absolute Gasteiger partial charge is 0.114 e. The summed E-state index contributed by atoms with van der Waals surface area (Å²) >= 11 is 1.66. The first kappa shape index (κ1) is 14.1. The van der Waals surface area contributed by atoms with Crippen LogP contribution in [-0.2, 0) is 18.4 Å². The summed E-state index contributed by atoms with van der Waals surface area (Å²) in [6, 6.07) is 0. The maximum atomic E-state index is 8.79. The molecule has 1 N–H and O–H groups in total. The molecule has 0 spiro atoms. The molecule has 0 aliphatic carbocycles. The number of aromatic nitrogens is 4. The number of nitrogens with zero attached hydrogens (tertiary/aromatic N) is 4. The van der Waals surface area contributed by atoms with Crippen LogP contribution in [0.5, 0.6) is 0 Å². The van der Waals surface area contributed by atoms with Gasteiger partial charge in [0.2, 0.25) is 0 Å². The molecular weight excluding hydrogens is 260 g/mol. The van der Waals surface area contributed by atoms with Gasteiger partial charge in [0.15, 0.2) is 0 Å². The van der Waals surface area contributed by atoms with Gasteiger partial charge in [0, 0.05) is 23.6 Å². The molecule has 0 saturated heterocycles. The standard InChI is InChI=1S/C13H20N4OS/c1-13(2,3)11-9-19-12(14-11)8-17-7-10(15-16-17)5-4-6-18/h7,9,18H,4-6,8H2,1-3H3. The molecule has 6 heteroatoms. The largest absolute Gasteiger partial charge is 0.396 e. The highest BCUT2D eigenvalue weighted by molar-refractivity contribution is 7.09. The number of rotatable bonds is 5. The van der Waals surface area contributed by atoms with Crippen LogP contribution in [-0.4, -0.2) is 31.7 Å². The van der Waals surface area contributed by atoms with Crippen LogP contribution in [0.4, 0.5) is 0 Å². The summed E-state index contributed by atoms with van der Waals surface area (Å²) in [6.07, 6.45) is 3.42. The Labute approximate surface area is 117 Å². The minimum absolute atomic E-state index is 0.0867. The molecule has 0 aliphatic heterocycles. The maximum absolute atomic E-state index is 8.79. The molecule has 104 valence electrons. The van der Waals surface area contributed by atoms with Crippen molar-refractivity contribution in [3.63, 3.8) is 0 Å². The molecule has 2 heterocycles. The van der Waals surface area contributed by atoms with Crippen molar-refractivity contribution in [1.82, 2.24) is 20.0 Å². The third kappa shape index (κ3) is 3.84. The summed E-state index contributed by atoms with van der Waals surface area (Å²) < 4.78 is 1.80. The highest BCUT2D eigenvalue weighted by Gasteiger charge is 2.17. The zero-order valence-corrected chi connectivity index (χ0v) is 12.4.